The zero-order chi connectivity index (χ0) is 21.5. The molecule has 4 aromatic rings. The summed E-state index contributed by atoms with van der Waals surface area (Å²) in [4.78, 5) is 12.4. The molecule has 0 atom stereocenters. The van der Waals surface area contributed by atoms with Gasteiger partial charge < -0.3 is 5.32 Å². The Morgan fingerprint density at radius 1 is 1.17 bits per heavy atom. The number of nitrogens with zero attached hydrogens (tertiary/aromatic N) is 3. The molecular formula is C20H14ClF3N4OS. The van der Waals surface area contributed by atoms with Crippen molar-refractivity contribution < 1.29 is 18.0 Å². The first-order chi connectivity index (χ1) is 14.3. The number of thioether (sulfide) groups is 1. The van der Waals surface area contributed by atoms with Gasteiger partial charge >= 0.3 is 6.18 Å². The average Bonchev–Trinajstić information content (AvgIpc) is 3.10. The van der Waals surface area contributed by atoms with E-state index < -0.39 is 23.3 Å². The number of hydrogen-bond acceptors (Lipinski definition) is 4. The van der Waals surface area contributed by atoms with E-state index in [1.165, 1.54) is 12.1 Å². The van der Waals surface area contributed by atoms with Crippen molar-refractivity contribution in [3.8, 4) is 0 Å². The molecule has 0 fully saturated rings. The van der Waals surface area contributed by atoms with Gasteiger partial charge in [-0.2, -0.15) is 13.2 Å². The number of hydrogen-bond donors (Lipinski definition) is 1. The standard InChI is InChI=1S/C20H14ClF3N4OS/c1-11-9-16-26-27-19(28(16)15-8-3-2-5-12(11)15)30-10-17(29)25-18-13(20(22,23)24)6-4-7-14(18)21/h2-9H,10H2,1H3,(H,25,29). The number of nitrogens with one attached hydrogen (secondary N) is 1. The summed E-state index contributed by atoms with van der Waals surface area (Å²) in [6.45, 7) is 1.97. The maximum atomic E-state index is 13.2. The van der Waals surface area contributed by atoms with E-state index in [0.29, 0.717) is 10.8 Å². The summed E-state index contributed by atoms with van der Waals surface area (Å²) in [7, 11) is 0. The van der Waals surface area contributed by atoms with Gasteiger partial charge in [0, 0.05) is 5.39 Å². The van der Waals surface area contributed by atoms with Crippen LogP contribution >= 0.6 is 23.4 Å². The van der Waals surface area contributed by atoms with Crippen LogP contribution in [0.15, 0.2) is 53.7 Å². The summed E-state index contributed by atoms with van der Waals surface area (Å²) in [5.41, 5.74) is 1.09. The number of rotatable bonds is 4. The van der Waals surface area contributed by atoms with E-state index in [1.54, 1.807) is 0 Å². The van der Waals surface area contributed by atoms with Gasteiger partial charge in [-0.25, -0.2) is 0 Å². The smallest absolute Gasteiger partial charge is 0.324 e. The van der Waals surface area contributed by atoms with Gasteiger partial charge in [-0.15, -0.1) is 10.2 Å². The number of anilines is 1. The van der Waals surface area contributed by atoms with E-state index in [0.717, 1.165) is 34.3 Å². The fourth-order valence-corrected chi connectivity index (χ4v) is 4.13. The summed E-state index contributed by atoms with van der Waals surface area (Å²) in [6.07, 6.45) is -4.64. The number of carbonyl (C=O) groups excluding carboxylic acids is 1. The lowest BCUT2D eigenvalue weighted by molar-refractivity contribution is -0.137. The molecule has 4 rings (SSSR count). The van der Waals surface area contributed by atoms with Gasteiger partial charge in [-0.3, -0.25) is 9.20 Å². The lowest BCUT2D eigenvalue weighted by Gasteiger charge is -2.15. The minimum atomic E-state index is -4.64. The topological polar surface area (TPSA) is 59.3 Å². The number of halogens is 4. The molecule has 2 heterocycles. The second kappa shape index (κ2) is 7.81. The first kappa shape index (κ1) is 20.5. The molecule has 0 radical (unpaired) electrons. The third kappa shape index (κ3) is 3.82. The van der Waals surface area contributed by atoms with Gasteiger partial charge in [-0.05, 0) is 36.8 Å². The van der Waals surface area contributed by atoms with Crippen LogP contribution < -0.4 is 5.32 Å². The molecule has 2 aromatic carbocycles. The molecule has 0 bridgehead atoms. The molecular weight excluding hydrogens is 437 g/mol. The van der Waals surface area contributed by atoms with Gasteiger partial charge in [0.2, 0.25) is 5.91 Å². The van der Waals surface area contributed by atoms with Crippen LogP contribution in [0.25, 0.3) is 16.6 Å². The Balaban J connectivity index is 1.59. The minimum absolute atomic E-state index is 0.161. The molecule has 5 nitrogen and oxygen atoms in total. The van der Waals surface area contributed by atoms with E-state index in [4.69, 9.17) is 11.6 Å². The first-order valence-corrected chi connectivity index (χ1v) is 10.1. The lowest BCUT2D eigenvalue weighted by Crippen LogP contribution is -2.18. The highest BCUT2D eigenvalue weighted by Gasteiger charge is 2.34. The van der Waals surface area contributed by atoms with Crippen molar-refractivity contribution in [2.75, 3.05) is 11.1 Å². The van der Waals surface area contributed by atoms with Crippen LogP contribution in [0.4, 0.5) is 18.9 Å². The maximum Gasteiger partial charge on any atom is 0.418 e. The SMILES string of the molecule is Cc1cc2nnc(SCC(=O)Nc3c(Cl)cccc3C(F)(F)F)n2c2ccccc12. The van der Waals surface area contributed by atoms with Gasteiger partial charge in [0.1, 0.15) is 0 Å². The summed E-state index contributed by atoms with van der Waals surface area (Å²) in [6, 6.07) is 12.9. The van der Waals surface area contributed by atoms with Crippen LogP contribution in [0, 0.1) is 6.92 Å². The fourth-order valence-electron chi connectivity index (χ4n) is 3.16. The molecule has 0 saturated heterocycles. The molecule has 1 N–H and O–H groups in total. The van der Waals surface area contributed by atoms with Crippen LogP contribution in [0.3, 0.4) is 0 Å². The van der Waals surface area contributed by atoms with Crippen LogP contribution in [-0.4, -0.2) is 26.3 Å². The largest absolute Gasteiger partial charge is 0.418 e. The van der Waals surface area contributed by atoms with Crippen LogP contribution in [-0.2, 0) is 11.0 Å². The van der Waals surface area contributed by atoms with Gasteiger partial charge in [0.05, 0.1) is 27.5 Å². The highest BCUT2D eigenvalue weighted by Crippen LogP contribution is 2.38. The molecule has 0 unspecified atom stereocenters. The minimum Gasteiger partial charge on any atom is -0.324 e. The Morgan fingerprint density at radius 2 is 1.93 bits per heavy atom. The predicted molar refractivity (Wildman–Crippen MR) is 111 cm³/mol. The number of benzene rings is 2. The number of aromatic nitrogens is 3. The van der Waals surface area contributed by atoms with E-state index in [2.05, 4.69) is 15.5 Å². The third-order valence-electron chi connectivity index (χ3n) is 4.49. The first-order valence-electron chi connectivity index (χ1n) is 8.77. The fraction of sp³-hybridized carbons (Fsp3) is 0.150. The van der Waals surface area contributed by atoms with Crippen LogP contribution in [0.5, 0.6) is 0 Å². The van der Waals surface area contributed by atoms with Gasteiger partial charge in [0.25, 0.3) is 0 Å². The number of carbonyl (C=O) groups is 1. The lowest BCUT2D eigenvalue weighted by atomic mass is 10.1. The Hall–Kier alpha value is -2.78. The second-order valence-electron chi connectivity index (χ2n) is 6.52. The quantitative estimate of drug-likeness (QED) is 0.411. The van der Waals surface area contributed by atoms with Gasteiger partial charge in [0.15, 0.2) is 10.8 Å². The van der Waals surface area contributed by atoms with E-state index in [9.17, 15) is 18.0 Å². The molecule has 1 amide bonds. The van der Waals surface area contributed by atoms with Crippen molar-refractivity contribution in [2.24, 2.45) is 0 Å². The van der Waals surface area contributed by atoms with Crippen LogP contribution in [0.1, 0.15) is 11.1 Å². The highest BCUT2D eigenvalue weighted by molar-refractivity contribution is 7.99. The predicted octanol–water partition coefficient (Wildman–Crippen LogP) is 5.59. The molecule has 0 aliphatic rings. The number of alkyl halides is 3. The van der Waals surface area contributed by atoms with Crippen molar-refractivity contribution in [2.45, 2.75) is 18.3 Å². The van der Waals surface area contributed by atoms with Crippen molar-refractivity contribution >= 4 is 51.5 Å². The zero-order valence-corrected chi connectivity index (χ0v) is 17.1. The number of para-hydroxylation sites is 2. The third-order valence-corrected chi connectivity index (χ3v) is 5.73. The molecule has 10 heteroatoms. The zero-order valence-electron chi connectivity index (χ0n) is 15.5. The normalized spacial score (nSPS) is 11.9. The summed E-state index contributed by atoms with van der Waals surface area (Å²) in [5.74, 6) is -0.794. The Kier molecular flexibility index (Phi) is 5.33. The number of pyridine rings is 1. The van der Waals surface area contributed by atoms with Crippen molar-refractivity contribution in [3.63, 3.8) is 0 Å². The molecule has 0 aliphatic carbocycles. The Bertz CT molecular complexity index is 1270. The molecule has 0 spiro atoms. The van der Waals surface area contributed by atoms with E-state index in [1.807, 2.05) is 41.7 Å². The van der Waals surface area contributed by atoms with Gasteiger partial charge in [-0.1, -0.05) is 47.6 Å². The number of aryl methyl sites for hydroxylation is 1. The molecule has 0 saturated carbocycles. The Labute approximate surface area is 178 Å². The molecule has 30 heavy (non-hydrogen) atoms. The van der Waals surface area contributed by atoms with Crippen molar-refractivity contribution in [1.82, 2.24) is 14.6 Å². The molecule has 0 aliphatic heterocycles. The van der Waals surface area contributed by atoms with Crippen molar-refractivity contribution in [3.05, 3.63) is 64.7 Å². The number of fused-ring (bicyclic) bond motifs is 3. The Morgan fingerprint density at radius 3 is 2.70 bits per heavy atom. The average molecular weight is 451 g/mol. The van der Waals surface area contributed by atoms with Crippen LogP contribution in [0.2, 0.25) is 5.02 Å². The highest BCUT2D eigenvalue weighted by atomic mass is 35.5. The summed E-state index contributed by atoms with van der Waals surface area (Å²) in [5, 5.41) is 11.8. The maximum absolute atomic E-state index is 13.2. The van der Waals surface area contributed by atoms with E-state index in [-0.39, 0.29) is 10.8 Å². The monoisotopic (exact) mass is 450 g/mol. The molecule has 2 aromatic heterocycles. The van der Waals surface area contributed by atoms with E-state index >= 15 is 0 Å². The molecule has 154 valence electrons. The number of amides is 1. The van der Waals surface area contributed by atoms with Crippen molar-refractivity contribution in [1.29, 1.82) is 0 Å². The summed E-state index contributed by atoms with van der Waals surface area (Å²) >= 11 is 6.97. The summed E-state index contributed by atoms with van der Waals surface area (Å²) < 4.78 is 41.4. The second-order valence-corrected chi connectivity index (χ2v) is 7.87.